The van der Waals surface area contributed by atoms with Gasteiger partial charge in [0.1, 0.15) is 0 Å². The Kier molecular flexibility index (Phi) is 4.65. The van der Waals surface area contributed by atoms with Gasteiger partial charge in [-0.3, -0.25) is 0 Å². The first-order chi connectivity index (χ1) is 7.04. The second kappa shape index (κ2) is 5.55. The molecule has 0 aliphatic heterocycles. The second-order valence-corrected chi connectivity index (χ2v) is 5.16. The zero-order chi connectivity index (χ0) is 11.4. The average Bonchev–Trinajstić information content (AvgIpc) is 2.11. The largest absolute Gasteiger partial charge is 0.382 e. The van der Waals surface area contributed by atoms with Crippen LogP contribution in [0.1, 0.15) is 37.8 Å². The van der Waals surface area contributed by atoms with E-state index in [4.69, 9.17) is 0 Å². The van der Waals surface area contributed by atoms with Crippen molar-refractivity contribution in [1.82, 2.24) is 0 Å². The molecule has 0 fully saturated rings. The zero-order valence-electron chi connectivity index (χ0n) is 10.0. The fraction of sp³-hybridized carbons (Fsp3) is 0.538. The quantitative estimate of drug-likeness (QED) is 0.838. The smallest absolute Gasteiger partial charge is 0.0402 e. The van der Waals surface area contributed by atoms with Crippen LogP contribution in [-0.2, 0) is 0 Å². The van der Waals surface area contributed by atoms with E-state index >= 15 is 0 Å². The first kappa shape index (κ1) is 12.6. The number of rotatable bonds is 4. The van der Waals surface area contributed by atoms with Gasteiger partial charge in [-0.2, -0.15) is 0 Å². The summed E-state index contributed by atoms with van der Waals surface area (Å²) >= 11 is 3.52. The summed E-state index contributed by atoms with van der Waals surface area (Å²) < 4.78 is 1.16. The van der Waals surface area contributed by atoms with Crippen LogP contribution >= 0.6 is 15.9 Å². The van der Waals surface area contributed by atoms with Gasteiger partial charge in [0.05, 0.1) is 0 Å². The van der Waals surface area contributed by atoms with Crippen molar-refractivity contribution in [3.63, 3.8) is 0 Å². The van der Waals surface area contributed by atoms with Crippen LogP contribution in [0, 0.1) is 13.8 Å². The van der Waals surface area contributed by atoms with Crippen LogP contribution in [0.25, 0.3) is 0 Å². The SMILES string of the molecule is CCCC(C)Nc1c(C)cc(Br)cc1C. The van der Waals surface area contributed by atoms with E-state index in [2.05, 4.69) is 61.1 Å². The minimum atomic E-state index is 0.550. The minimum Gasteiger partial charge on any atom is -0.382 e. The molecule has 0 aliphatic rings. The fourth-order valence-corrected chi connectivity index (χ4v) is 2.58. The molecule has 1 nitrogen and oxygen atoms in total. The highest BCUT2D eigenvalue weighted by Crippen LogP contribution is 2.26. The van der Waals surface area contributed by atoms with E-state index in [1.165, 1.54) is 29.7 Å². The van der Waals surface area contributed by atoms with E-state index in [1.807, 2.05) is 0 Å². The van der Waals surface area contributed by atoms with Gasteiger partial charge in [0.25, 0.3) is 0 Å². The Morgan fingerprint density at radius 1 is 1.27 bits per heavy atom. The Labute approximate surface area is 101 Å². The molecule has 0 aliphatic carbocycles. The van der Waals surface area contributed by atoms with Crippen molar-refractivity contribution in [2.45, 2.75) is 46.6 Å². The van der Waals surface area contributed by atoms with Crippen LogP contribution in [0.4, 0.5) is 5.69 Å². The third-order valence-corrected chi connectivity index (χ3v) is 3.07. The van der Waals surface area contributed by atoms with Gasteiger partial charge in [-0.25, -0.2) is 0 Å². The molecule has 1 atom stereocenters. The number of hydrogen-bond donors (Lipinski definition) is 1. The first-order valence-electron chi connectivity index (χ1n) is 5.58. The molecule has 1 aromatic carbocycles. The zero-order valence-corrected chi connectivity index (χ0v) is 11.6. The number of aryl methyl sites for hydroxylation is 2. The fourth-order valence-electron chi connectivity index (χ4n) is 1.89. The van der Waals surface area contributed by atoms with Gasteiger partial charge < -0.3 is 5.32 Å². The Hall–Kier alpha value is -0.500. The van der Waals surface area contributed by atoms with E-state index in [1.54, 1.807) is 0 Å². The van der Waals surface area contributed by atoms with Gasteiger partial charge in [0.15, 0.2) is 0 Å². The number of anilines is 1. The Balaban J connectivity index is 2.85. The second-order valence-electron chi connectivity index (χ2n) is 4.25. The van der Waals surface area contributed by atoms with Gasteiger partial charge in [-0.05, 0) is 50.5 Å². The van der Waals surface area contributed by atoms with Crippen LogP contribution in [0.3, 0.4) is 0 Å². The van der Waals surface area contributed by atoms with Crippen LogP contribution < -0.4 is 5.32 Å². The molecule has 84 valence electrons. The highest BCUT2D eigenvalue weighted by atomic mass is 79.9. The third kappa shape index (κ3) is 3.53. The standard InChI is InChI=1S/C13H20BrN/c1-5-6-11(4)15-13-9(2)7-12(14)8-10(13)3/h7-8,11,15H,5-6H2,1-4H3. The minimum absolute atomic E-state index is 0.550. The monoisotopic (exact) mass is 269 g/mol. The van der Waals surface area contributed by atoms with Crippen molar-refractivity contribution in [2.24, 2.45) is 0 Å². The summed E-state index contributed by atoms with van der Waals surface area (Å²) in [7, 11) is 0. The summed E-state index contributed by atoms with van der Waals surface area (Å²) in [6.45, 7) is 8.77. The van der Waals surface area contributed by atoms with E-state index in [0.717, 1.165) is 4.47 Å². The first-order valence-corrected chi connectivity index (χ1v) is 6.37. The molecular weight excluding hydrogens is 250 g/mol. The summed E-state index contributed by atoms with van der Waals surface area (Å²) in [5.41, 5.74) is 3.91. The number of halogens is 1. The number of benzene rings is 1. The number of hydrogen-bond acceptors (Lipinski definition) is 1. The number of nitrogens with one attached hydrogen (secondary N) is 1. The molecule has 1 aromatic rings. The van der Waals surface area contributed by atoms with Gasteiger partial charge in [0, 0.05) is 16.2 Å². The summed E-state index contributed by atoms with van der Waals surface area (Å²) in [5.74, 6) is 0. The van der Waals surface area contributed by atoms with E-state index in [0.29, 0.717) is 6.04 Å². The van der Waals surface area contributed by atoms with Gasteiger partial charge >= 0.3 is 0 Å². The molecule has 1 N–H and O–H groups in total. The van der Waals surface area contributed by atoms with Crippen LogP contribution in [-0.4, -0.2) is 6.04 Å². The van der Waals surface area contributed by atoms with E-state index < -0.39 is 0 Å². The highest BCUT2D eigenvalue weighted by Gasteiger charge is 2.07. The van der Waals surface area contributed by atoms with Crippen LogP contribution in [0.2, 0.25) is 0 Å². The Bertz CT molecular complexity index is 310. The van der Waals surface area contributed by atoms with Crippen LogP contribution in [0.15, 0.2) is 16.6 Å². The predicted molar refractivity (Wildman–Crippen MR) is 71.6 cm³/mol. The summed E-state index contributed by atoms with van der Waals surface area (Å²) in [5, 5.41) is 3.59. The van der Waals surface area contributed by atoms with Gasteiger partial charge in [-0.1, -0.05) is 29.3 Å². The molecule has 15 heavy (non-hydrogen) atoms. The lowest BCUT2D eigenvalue weighted by molar-refractivity contribution is 0.689. The molecular formula is C13H20BrN. The van der Waals surface area contributed by atoms with E-state index in [-0.39, 0.29) is 0 Å². The molecule has 0 radical (unpaired) electrons. The molecule has 0 aromatic heterocycles. The van der Waals surface area contributed by atoms with Crippen molar-refractivity contribution in [2.75, 3.05) is 5.32 Å². The molecule has 0 amide bonds. The Morgan fingerprint density at radius 2 is 1.80 bits per heavy atom. The van der Waals surface area contributed by atoms with Crippen molar-refractivity contribution in [3.05, 3.63) is 27.7 Å². The highest BCUT2D eigenvalue weighted by molar-refractivity contribution is 9.10. The molecule has 1 unspecified atom stereocenters. The predicted octanol–water partition coefficient (Wildman–Crippen LogP) is 4.67. The third-order valence-electron chi connectivity index (χ3n) is 2.61. The summed E-state index contributed by atoms with van der Waals surface area (Å²) in [4.78, 5) is 0. The normalized spacial score (nSPS) is 12.6. The molecule has 0 bridgehead atoms. The van der Waals surface area contributed by atoms with Crippen molar-refractivity contribution in [3.8, 4) is 0 Å². The van der Waals surface area contributed by atoms with Gasteiger partial charge in [0.2, 0.25) is 0 Å². The van der Waals surface area contributed by atoms with Crippen LogP contribution in [0.5, 0.6) is 0 Å². The lowest BCUT2D eigenvalue weighted by atomic mass is 10.1. The molecule has 0 heterocycles. The molecule has 0 spiro atoms. The molecule has 1 rings (SSSR count). The summed E-state index contributed by atoms with van der Waals surface area (Å²) in [6, 6.07) is 4.87. The Morgan fingerprint density at radius 3 is 2.27 bits per heavy atom. The van der Waals surface area contributed by atoms with Crippen molar-refractivity contribution in [1.29, 1.82) is 0 Å². The lowest BCUT2D eigenvalue weighted by Crippen LogP contribution is -2.16. The van der Waals surface area contributed by atoms with Crippen molar-refractivity contribution < 1.29 is 0 Å². The topological polar surface area (TPSA) is 12.0 Å². The molecule has 0 saturated carbocycles. The van der Waals surface area contributed by atoms with Gasteiger partial charge in [-0.15, -0.1) is 0 Å². The maximum atomic E-state index is 3.59. The maximum Gasteiger partial charge on any atom is 0.0402 e. The maximum absolute atomic E-state index is 3.59. The molecule has 0 saturated heterocycles. The van der Waals surface area contributed by atoms with Crippen molar-refractivity contribution >= 4 is 21.6 Å². The lowest BCUT2D eigenvalue weighted by Gasteiger charge is -2.18. The molecule has 2 heteroatoms. The van der Waals surface area contributed by atoms with E-state index in [9.17, 15) is 0 Å². The summed E-state index contributed by atoms with van der Waals surface area (Å²) in [6.07, 6.45) is 2.44. The average molecular weight is 270 g/mol.